The van der Waals surface area contributed by atoms with Crippen molar-refractivity contribution in [2.75, 3.05) is 11.1 Å². The zero-order valence-corrected chi connectivity index (χ0v) is 16.9. The minimum atomic E-state index is -0.274. The molecule has 1 aromatic heterocycles. The summed E-state index contributed by atoms with van der Waals surface area (Å²) in [7, 11) is 0. The van der Waals surface area contributed by atoms with E-state index in [0.29, 0.717) is 5.75 Å². The molecule has 0 atom stereocenters. The summed E-state index contributed by atoms with van der Waals surface area (Å²) >= 11 is 1.50. The third kappa shape index (κ3) is 5.13. The Morgan fingerprint density at radius 1 is 0.800 bits per heavy atom. The summed E-state index contributed by atoms with van der Waals surface area (Å²) in [5, 5.41) is 2.95. The van der Waals surface area contributed by atoms with Crippen LogP contribution in [0.1, 0.15) is 0 Å². The number of nitrogens with zero attached hydrogens (tertiary/aromatic N) is 1. The van der Waals surface area contributed by atoms with Crippen molar-refractivity contribution >= 4 is 23.4 Å². The summed E-state index contributed by atoms with van der Waals surface area (Å²) in [6.45, 7) is 0. The fourth-order valence-corrected chi connectivity index (χ4v) is 3.72. The van der Waals surface area contributed by atoms with E-state index in [2.05, 4.69) is 5.32 Å². The highest BCUT2D eigenvalue weighted by Gasteiger charge is 2.07. The molecule has 3 nitrogen and oxygen atoms in total. The molecule has 0 aliphatic rings. The van der Waals surface area contributed by atoms with Gasteiger partial charge in [0, 0.05) is 21.7 Å². The zero-order chi connectivity index (χ0) is 20.8. The third-order valence-electron chi connectivity index (χ3n) is 4.44. The number of anilines is 1. The normalized spacial score (nSPS) is 10.6. The quantitative estimate of drug-likeness (QED) is 0.377. The van der Waals surface area contributed by atoms with E-state index >= 15 is 0 Å². The van der Waals surface area contributed by atoms with Gasteiger partial charge < -0.3 is 5.32 Å². The first kappa shape index (κ1) is 19.9. The van der Waals surface area contributed by atoms with Gasteiger partial charge in [-0.3, -0.25) is 4.79 Å². The lowest BCUT2D eigenvalue weighted by Gasteiger charge is -2.09. The van der Waals surface area contributed by atoms with E-state index in [1.807, 2.05) is 72.8 Å². The second-order valence-electron chi connectivity index (χ2n) is 6.65. The van der Waals surface area contributed by atoms with Gasteiger partial charge in [-0.1, -0.05) is 36.4 Å². The van der Waals surface area contributed by atoms with Crippen LogP contribution in [0.3, 0.4) is 0 Å². The van der Waals surface area contributed by atoms with E-state index < -0.39 is 0 Å². The topological polar surface area (TPSA) is 42.0 Å². The molecule has 148 valence electrons. The molecule has 0 fully saturated rings. The Labute approximate surface area is 179 Å². The van der Waals surface area contributed by atoms with Gasteiger partial charge in [0.2, 0.25) is 5.91 Å². The molecule has 0 aliphatic carbocycles. The van der Waals surface area contributed by atoms with Gasteiger partial charge in [0.05, 0.1) is 17.1 Å². The van der Waals surface area contributed by atoms with Crippen LogP contribution < -0.4 is 5.32 Å². The molecule has 3 aromatic carbocycles. The first-order valence-corrected chi connectivity index (χ1v) is 10.5. The molecule has 0 bridgehead atoms. The molecule has 0 aliphatic heterocycles. The molecule has 0 unspecified atom stereocenters. The predicted octanol–water partition coefficient (Wildman–Crippen LogP) is 6.29. The van der Waals surface area contributed by atoms with Crippen molar-refractivity contribution in [1.29, 1.82) is 0 Å². The van der Waals surface area contributed by atoms with Crippen LogP contribution in [0.2, 0.25) is 0 Å². The van der Waals surface area contributed by atoms with Crippen molar-refractivity contribution in [3.05, 3.63) is 103 Å². The van der Waals surface area contributed by atoms with Crippen LogP contribution in [-0.2, 0) is 4.79 Å². The van der Waals surface area contributed by atoms with Crippen molar-refractivity contribution < 1.29 is 9.18 Å². The average Bonchev–Trinajstić information content (AvgIpc) is 2.79. The number of hydrogen-bond donors (Lipinski definition) is 1. The first-order valence-electron chi connectivity index (χ1n) is 9.48. The van der Waals surface area contributed by atoms with Crippen molar-refractivity contribution in [2.45, 2.75) is 4.90 Å². The van der Waals surface area contributed by atoms with Crippen molar-refractivity contribution in [2.24, 2.45) is 0 Å². The standard InChI is InChI=1S/C25H19FN2OS/c26-20-14-12-18(13-15-20)23-10-5-11-24(28-23)19-6-4-7-21(16-19)27-25(29)17-30-22-8-2-1-3-9-22/h1-16H,17H2,(H,27,29). The van der Waals surface area contributed by atoms with Crippen molar-refractivity contribution in [3.63, 3.8) is 0 Å². The second kappa shape index (κ2) is 9.37. The number of pyridine rings is 1. The average molecular weight is 415 g/mol. The maximum absolute atomic E-state index is 13.2. The van der Waals surface area contributed by atoms with Crippen LogP contribution in [0.4, 0.5) is 10.1 Å². The summed E-state index contributed by atoms with van der Waals surface area (Å²) in [5.41, 5.74) is 4.01. The number of amides is 1. The number of rotatable bonds is 6. The summed E-state index contributed by atoms with van der Waals surface area (Å²) in [6.07, 6.45) is 0. The fourth-order valence-electron chi connectivity index (χ4n) is 3.00. The van der Waals surface area contributed by atoms with Crippen LogP contribution in [0.15, 0.2) is 102 Å². The van der Waals surface area contributed by atoms with E-state index in [9.17, 15) is 9.18 Å². The molecule has 4 rings (SSSR count). The zero-order valence-electron chi connectivity index (χ0n) is 16.1. The van der Waals surface area contributed by atoms with E-state index in [0.717, 1.165) is 33.1 Å². The Bertz CT molecular complexity index is 1150. The number of thioether (sulfide) groups is 1. The maximum atomic E-state index is 13.2. The molecule has 0 saturated heterocycles. The van der Waals surface area contributed by atoms with E-state index in [1.54, 1.807) is 12.1 Å². The maximum Gasteiger partial charge on any atom is 0.234 e. The van der Waals surface area contributed by atoms with E-state index in [4.69, 9.17) is 4.98 Å². The van der Waals surface area contributed by atoms with Crippen LogP contribution in [0.25, 0.3) is 22.5 Å². The largest absolute Gasteiger partial charge is 0.325 e. The molecule has 1 heterocycles. The number of carbonyl (C=O) groups is 1. The first-order chi connectivity index (χ1) is 14.7. The predicted molar refractivity (Wildman–Crippen MR) is 121 cm³/mol. The van der Waals surface area contributed by atoms with Gasteiger partial charge in [0.1, 0.15) is 5.82 Å². The molecule has 4 aromatic rings. The van der Waals surface area contributed by atoms with Crippen LogP contribution in [0.5, 0.6) is 0 Å². The number of hydrogen-bond acceptors (Lipinski definition) is 3. The number of halogens is 1. The molecule has 0 spiro atoms. The number of nitrogens with one attached hydrogen (secondary N) is 1. The highest BCUT2D eigenvalue weighted by molar-refractivity contribution is 8.00. The molecule has 0 saturated carbocycles. The molecular weight excluding hydrogens is 395 g/mol. The van der Waals surface area contributed by atoms with Gasteiger partial charge in [-0.25, -0.2) is 9.37 Å². The molecule has 1 N–H and O–H groups in total. The summed E-state index contributed by atoms with van der Waals surface area (Å²) < 4.78 is 13.2. The smallest absolute Gasteiger partial charge is 0.234 e. The van der Waals surface area contributed by atoms with Crippen LogP contribution in [0, 0.1) is 5.82 Å². The Hall–Kier alpha value is -3.44. The Balaban J connectivity index is 1.47. The number of aromatic nitrogens is 1. The van der Waals surface area contributed by atoms with Gasteiger partial charge in [-0.05, 0) is 60.7 Å². The highest BCUT2D eigenvalue weighted by atomic mass is 32.2. The molecular formula is C25H19FN2OS. The number of benzene rings is 3. The summed E-state index contributed by atoms with van der Waals surface area (Å²) in [4.78, 5) is 18.1. The lowest BCUT2D eigenvalue weighted by atomic mass is 10.1. The SMILES string of the molecule is O=C(CSc1ccccc1)Nc1cccc(-c2cccc(-c3ccc(F)cc3)n2)c1. The van der Waals surface area contributed by atoms with E-state index in [-0.39, 0.29) is 11.7 Å². The molecule has 30 heavy (non-hydrogen) atoms. The monoisotopic (exact) mass is 414 g/mol. The molecule has 1 amide bonds. The van der Waals surface area contributed by atoms with Gasteiger partial charge in [0.15, 0.2) is 0 Å². The third-order valence-corrected chi connectivity index (χ3v) is 5.46. The summed E-state index contributed by atoms with van der Waals surface area (Å²) in [5.74, 6) is 0.00445. The fraction of sp³-hybridized carbons (Fsp3) is 0.0400. The lowest BCUT2D eigenvalue weighted by Crippen LogP contribution is -2.13. The highest BCUT2D eigenvalue weighted by Crippen LogP contribution is 2.25. The Morgan fingerprint density at radius 2 is 1.50 bits per heavy atom. The minimum absolute atomic E-state index is 0.0611. The van der Waals surface area contributed by atoms with Crippen LogP contribution >= 0.6 is 11.8 Å². The van der Waals surface area contributed by atoms with Gasteiger partial charge in [0.25, 0.3) is 0 Å². The molecule has 0 radical (unpaired) electrons. The van der Waals surface area contributed by atoms with Crippen LogP contribution in [-0.4, -0.2) is 16.6 Å². The second-order valence-corrected chi connectivity index (χ2v) is 7.69. The minimum Gasteiger partial charge on any atom is -0.325 e. The summed E-state index contributed by atoms with van der Waals surface area (Å²) in [6, 6.07) is 29.4. The Morgan fingerprint density at radius 3 is 2.27 bits per heavy atom. The Kier molecular flexibility index (Phi) is 6.20. The van der Waals surface area contributed by atoms with E-state index in [1.165, 1.54) is 23.9 Å². The van der Waals surface area contributed by atoms with Gasteiger partial charge in [-0.2, -0.15) is 0 Å². The molecule has 5 heteroatoms. The van der Waals surface area contributed by atoms with Gasteiger partial charge >= 0.3 is 0 Å². The van der Waals surface area contributed by atoms with Crippen molar-refractivity contribution in [3.8, 4) is 22.5 Å². The van der Waals surface area contributed by atoms with Gasteiger partial charge in [-0.15, -0.1) is 11.8 Å². The number of carbonyl (C=O) groups excluding carboxylic acids is 1. The lowest BCUT2D eigenvalue weighted by molar-refractivity contribution is -0.113. The van der Waals surface area contributed by atoms with Crippen molar-refractivity contribution in [1.82, 2.24) is 4.98 Å².